The van der Waals surface area contributed by atoms with Gasteiger partial charge in [0.05, 0.1) is 17.0 Å². The van der Waals surface area contributed by atoms with Crippen LogP contribution in [-0.2, 0) is 23.0 Å². The number of nitrogens with one attached hydrogen (secondary N) is 1. The van der Waals surface area contributed by atoms with Crippen LogP contribution < -0.4 is 5.32 Å². The molecule has 0 saturated heterocycles. The first-order valence-corrected chi connectivity index (χ1v) is 11.3. The first-order valence-electron chi connectivity index (χ1n) is 9.85. The van der Waals surface area contributed by atoms with Gasteiger partial charge in [0.15, 0.2) is 0 Å². The Morgan fingerprint density at radius 1 is 1.25 bits per heavy atom. The number of nitrogens with zero attached hydrogens (tertiary/aromatic N) is 3. The predicted octanol–water partition coefficient (Wildman–Crippen LogP) is 3.31. The molecular formula is C22H25FN4O4S. The molecule has 0 aliphatic rings. The summed E-state index contributed by atoms with van der Waals surface area (Å²) in [5.41, 5.74) is 3.55. The summed E-state index contributed by atoms with van der Waals surface area (Å²) in [4.78, 5) is 15.0. The first-order chi connectivity index (χ1) is 15.1. The lowest BCUT2D eigenvalue weighted by atomic mass is 10.0. The average Bonchev–Trinajstić information content (AvgIpc) is 2.99. The summed E-state index contributed by atoms with van der Waals surface area (Å²) in [5, 5.41) is 11.6. The Bertz CT molecular complexity index is 1270. The number of benzene rings is 1. The van der Waals surface area contributed by atoms with Crippen molar-refractivity contribution in [2.24, 2.45) is 0 Å². The minimum Gasteiger partial charge on any atom is -0.465 e. The zero-order valence-corrected chi connectivity index (χ0v) is 18.9. The Kier molecular flexibility index (Phi) is 6.95. The fourth-order valence-electron chi connectivity index (χ4n) is 3.48. The number of pyridine rings is 1. The van der Waals surface area contributed by atoms with E-state index < -0.39 is 21.9 Å². The van der Waals surface area contributed by atoms with Gasteiger partial charge in [-0.25, -0.2) is 21.9 Å². The van der Waals surface area contributed by atoms with Crippen molar-refractivity contribution >= 4 is 27.0 Å². The zero-order valence-electron chi connectivity index (χ0n) is 18.0. The van der Waals surface area contributed by atoms with Gasteiger partial charge in [0.1, 0.15) is 5.83 Å². The van der Waals surface area contributed by atoms with E-state index >= 15 is 0 Å². The molecule has 0 spiro atoms. The summed E-state index contributed by atoms with van der Waals surface area (Å²) < 4.78 is 42.0. The van der Waals surface area contributed by atoms with Gasteiger partial charge in [0, 0.05) is 44.1 Å². The highest BCUT2D eigenvalue weighted by molar-refractivity contribution is 7.89. The fraction of sp³-hybridized carbons (Fsp3) is 0.273. The van der Waals surface area contributed by atoms with E-state index in [1.54, 1.807) is 42.7 Å². The maximum Gasteiger partial charge on any atom is 0.404 e. The molecule has 0 radical (unpaired) electrons. The van der Waals surface area contributed by atoms with Crippen LogP contribution in [0.2, 0.25) is 0 Å². The van der Waals surface area contributed by atoms with Crippen LogP contribution in [0.15, 0.2) is 59.5 Å². The van der Waals surface area contributed by atoms with E-state index in [2.05, 4.69) is 10.3 Å². The monoisotopic (exact) mass is 460 g/mol. The van der Waals surface area contributed by atoms with Crippen LogP contribution in [-0.4, -0.2) is 54.1 Å². The number of halogens is 1. The predicted molar refractivity (Wildman–Crippen MR) is 120 cm³/mol. The molecule has 2 N–H and O–H groups in total. The lowest BCUT2D eigenvalue weighted by Gasteiger charge is -2.12. The molecule has 0 saturated carbocycles. The van der Waals surface area contributed by atoms with E-state index in [9.17, 15) is 17.6 Å². The summed E-state index contributed by atoms with van der Waals surface area (Å²) in [6.45, 7) is 1.74. The van der Waals surface area contributed by atoms with Crippen molar-refractivity contribution in [3.05, 3.63) is 71.4 Å². The highest BCUT2D eigenvalue weighted by Gasteiger charge is 2.18. The van der Waals surface area contributed by atoms with E-state index in [4.69, 9.17) is 5.11 Å². The maximum atomic E-state index is 14.4. The summed E-state index contributed by atoms with van der Waals surface area (Å²) >= 11 is 0. The van der Waals surface area contributed by atoms with Gasteiger partial charge in [0.25, 0.3) is 0 Å². The summed E-state index contributed by atoms with van der Waals surface area (Å²) in [5.74, 6) is -0.458. The van der Waals surface area contributed by atoms with Crippen LogP contribution in [0.25, 0.3) is 10.9 Å². The van der Waals surface area contributed by atoms with Crippen LogP contribution in [0.5, 0.6) is 0 Å². The van der Waals surface area contributed by atoms with Crippen LogP contribution in [0.4, 0.5) is 9.18 Å². The van der Waals surface area contributed by atoms with Crippen LogP contribution >= 0.6 is 0 Å². The molecule has 8 nitrogen and oxygen atoms in total. The third-order valence-corrected chi connectivity index (χ3v) is 7.05. The van der Waals surface area contributed by atoms with E-state index in [-0.39, 0.29) is 18.0 Å². The zero-order chi connectivity index (χ0) is 23.5. The molecule has 0 atom stereocenters. The molecule has 0 bridgehead atoms. The Morgan fingerprint density at radius 3 is 2.56 bits per heavy atom. The van der Waals surface area contributed by atoms with Crippen molar-refractivity contribution < 1.29 is 22.7 Å². The highest BCUT2D eigenvalue weighted by atomic mass is 32.2. The van der Waals surface area contributed by atoms with Gasteiger partial charge in [-0.1, -0.05) is 12.1 Å². The molecule has 1 aromatic carbocycles. The Balaban J connectivity index is 1.91. The molecule has 2 aromatic heterocycles. The minimum absolute atomic E-state index is 0.0341. The van der Waals surface area contributed by atoms with Crippen molar-refractivity contribution in [3.63, 3.8) is 0 Å². The fourth-order valence-corrected chi connectivity index (χ4v) is 4.38. The minimum atomic E-state index is -3.50. The summed E-state index contributed by atoms with van der Waals surface area (Å²) in [6.07, 6.45) is 3.87. The van der Waals surface area contributed by atoms with E-state index in [0.29, 0.717) is 6.42 Å². The SMILES string of the molecule is Cc1c(Cc2ccc(S(=O)(=O)N(C)C)cc2)c2cnccc2n1C/C(F)=C/CNC(=O)O. The molecule has 32 heavy (non-hydrogen) atoms. The van der Waals surface area contributed by atoms with E-state index in [1.165, 1.54) is 24.5 Å². The highest BCUT2D eigenvalue weighted by Crippen LogP contribution is 2.29. The molecule has 3 rings (SSSR count). The molecule has 0 aliphatic carbocycles. The second-order valence-corrected chi connectivity index (χ2v) is 9.64. The van der Waals surface area contributed by atoms with Gasteiger partial charge < -0.3 is 15.0 Å². The van der Waals surface area contributed by atoms with Gasteiger partial charge in [-0.3, -0.25) is 4.98 Å². The smallest absolute Gasteiger partial charge is 0.404 e. The van der Waals surface area contributed by atoms with Crippen LogP contribution in [0, 0.1) is 6.92 Å². The normalized spacial score (nSPS) is 12.5. The van der Waals surface area contributed by atoms with Crippen molar-refractivity contribution in [1.29, 1.82) is 0 Å². The van der Waals surface area contributed by atoms with Crippen molar-refractivity contribution in [1.82, 2.24) is 19.2 Å². The third kappa shape index (κ3) is 4.97. The summed E-state index contributed by atoms with van der Waals surface area (Å²) in [6, 6.07) is 8.51. The Labute approximate surface area is 186 Å². The van der Waals surface area contributed by atoms with Gasteiger partial charge >= 0.3 is 6.09 Å². The lowest BCUT2D eigenvalue weighted by molar-refractivity contribution is 0.195. The van der Waals surface area contributed by atoms with E-state index in [1.807, 2.05) is 11.5 Å². The van der Waals surface area contributed by atoms with Gasteiger partial charge in [-0.15, -0.1) is 0 Å². The molecule has 0 aliphatic heterocycles. The lowest BCUT2D eigenvalue weighted by Crippen LogP contribution is -2.22. The molecule has 10 heteroatoms. The average molecular weight is 461 g/mol. The number of aromatic nitrogens is 2. The molecule has 2 heterocycles. The van der Waals surface area contributed by atoms with Crippen molar-refractivity contribution in [2.75, 3.05) is 20.6 Å². The number of carboxylic acid groups (broad SMARTS) is 1. The number of sulfonamides is 1. The van der Waals surface area contributed by atoms with Crippen LogP contribution in [0.1, 0.15) is 16.8 Å². The number of amides is 1. The van der Waals surface area contributed by atoms with Gasteiger partial charge in [0.2, 0.25) is 10.0 Å². The first kappa shape index (κ1) is 23.4. The summed E-state index contributed by atoms with van der Waals surface area (Å²) in [7, 11) is -0.531. The molecule has 1 amide bonds. The molecule has 3 aromatic rings. The second-order valence-electron chi connectivity index (χ2n) is 7.49. The number of hydrogen-bond acceptors (Lipinski definition) is 4. The van der Waals surface area contributed by atoms with Gasteiger partial charge in [-0.05, 0) is 48.7 Å². The maximum absolute atomic E-state index is 14.4. The van der Waals surface area contributed by atoms with Crippen molar-refractivity contribution in [3.8, 4) is 0 Å². The number of rotatable bonds is 8. The van der Waals surface area contributed by atoms with Gasteiger partial charge in [-0.2, -0.15) is 0 Å². The molecule has 0 unspecified atom stereocenters. The van der Waals surface area contributed by atoms with E-state index in [0.717, 1.165) is 27.7 Å². The Morgan fingerprint density at radius 2 is 1.94 bits per heavy atom. The number of hydrogen-bond donors (Lipinski definition) is 2. The number of allylic oxidation sites excluding steroid dienone is 1. The Hall–Kier alpha value is -3.24. The van der Waals surface area contributed by atoms with Crippen LogP contribution in [0.3, 0.4) is 0 Å². The standard InChI is InChI=1S/C22H25FN4O4S/c1-15-19(12-16-4-6-18(7-5-16)32(30,31)26(2)3)20-13-24-10-9-21(20)27(15)14-17(23)8-11-25-22(28)29/h4-10,13,25H,11-12,14H2,1-3H3,(H,28,29)/b17-8-. The third-order valence-electron chi connectivity index (χ3n) is 5.22. The largest absolute Gasteiger partial charge is 0.465 e. The quantitative estimate of drug-likeness (QED) is 0.537. The second kappa shape index (κ2) is 9.49. The number of carbonyl (C=O) groups is 1. The topological polar surface area (TPSA) is 105 Å². The molecule has 170 valence electrons. The molecule has 0 fully saturated rings. The number of fused-ring (bicyclic) bond motifs is 1. The molecular weight excluding hydrogens is 435 g/mol. The van der Waals surface area contributed by atoms with Crippen molar-refractivity contribution in [2.45, 2.75) is 24.8 Å².